The molecule has 0 spiro atoms. The molecule has 0 aliphatic rings. The highest BCUT2D eigenvalue weighted by Crippen LogP contribution is 2.27. The Balaban J connectivity index is 0. The van der Waals surface area contributed by atoms with Gasteiger partial charge in [-0.3, -0.25) is 4.79 Å². The molecule has 0 N–H and O–H groups in total. The Morgan fingerprint density at radius 1 is 0.920 bits per heavy atom. The number of carbonyl (C=O) groups is 1. The minimum atomic E-state index is -0.273. The number of benzene rings is 2. The van der Waals surface area contributed by atoms with Gasteiger partial charge < -0.3 is 0 Å². The zero-order valence-corrected chi connectivity index (χ0v) is 17.3. The summed E-state index contributed by atoms with van der Waals surface area (Å²) in [5.41, 5.74) is 3.05. The van der Waals surface area contributed by atoms with Crippen molar-refractivity contribution in [3.8, 4) is 0 Å². The molecule has 140 valence electrons. The minimum absolute atomic E-state index is 0. The van der Waals surface area contributed by atoms with E-state index in [0.717, 1.165) is 17.5 Å². The maximum absolute atomic E-state index is 12.4. The molecule has 2 rings (SSSR count). The monoisotopic (exact) mass is 406 g/mol. The molecule has 2 aromatic rings. The molecule has 0 fully saturated rings. The highest BCUT2D eigenvalue weighted by molar-refractivity contribution is 9.09. The molecule has 0 amide bonds. The summed E-state index contributed by atoms with van der Waals surface area (Å²) in [4.78, 5) is 12.2. The number of aryl methyl sites for hydroxylation is 1. The Morgan fingerprint density at radius 2 is 1.44 bits per heavy atom. The molecule has 0 saturated heterocycles. The molecule has 1 unspecified atom stereocenters. The summed E-state index contributed by atoms with van der Waals surface area (Å²) >= 11 is 3.50. The van der Waals surface area contributed by atoms with E-state index in [2.05, 4.69) is 35.0 Å². The molecule has 25 heavy (non-hydrogen) atoms. The maximum Gasteiger partial charge on any atom is 0.180 e. The Hall–Kier alpha value is -1.41. The van der Waals surface area contributed by atoms with Gasteiger partial charge in [0.15, 0.2) is 5.78 Å². The van der Waals surface area contributed by atoms with E-state index in [1.54, 1.807) is 0 Å². The van der Waals surface area contributed by atoms with Crippen LogP contribution in [0, 0.1) is 0 Å². The second-order valence-electron chi connectivity index (χ2n) is 4.94. The average Bonchev–Trinajstić information content (AvgIpc) is 2.69. The predicted molar refractivity (Wildman–Crippen MR) is 117 cm³/mol. The fourth-order valence-electron chi connectivity index (χ4n) is 2.14. The first kappa shape index (κ1) is 25.8. The van der Waals surface area contributed by atoms with Gasteiger partial charge >= 0.3 is 0 Å². The van der Waals surface area contributed by atoms with Crippen LogP contribution in [0.1, 0.15) is 81.2 Å². The topological polar surface area (TPSA) is 17.1 Å². The van der Waals surface area contributed by atoms with Crippen LogP contribution in [0.2, 0.25) is 0 Å². The molecule has 0 radical (unpaired) electrons. The zero-order chi connectivity index (χ0) is 18.4. The van der Waals surface area contributed by atoms with E-state index in [0.29, 0.717) is 0 Å². The maximum atomic E-state index is 12.4. The first-order valence-corrected chi connectivity index (χ1v) is 9.96. The average molecular weight is 407 g/mol. The number of Topliss-reactive ketones (excluding diaryl/α,β-unsaturated/α-hetero) is 1. The van der Waals surface area contributed by atoms with E-state index >= 15 is 0 Å². The first-order chi connectivity index (χ1) is 11.7. The van der Waals surface area contributed by atoms with Crippen molar-refractivity contribution in [2.24, 2.45) is 0 Å². The van der Waals surface area contributed by atoms with E-state index in [4.69, 9.17) is 0 Å². The molecule has 2 aromatic carbocycles. The molecule has 0 heterocycles. The van der Waals surface area contributed by atoms with Crippen molar-refractivity contribution in [3.63, 3.8) is 0 Å². The number of alkyl halides is 1. The van der Waals surface area contributed by atoms with Gasteiger partial charge in [-0.2, -0.15) is 0 Å². The highest BCUT2D eigenvalue weighted by Gasteiger charge is 2.18. The molecule has 0 saturated carbocycles. The normalized spacial score (nSPS) is 10.2. The fourth-order valence-corrected chi connectivity index (χ4v) is 2.71. The van der Waals surface area contributed by atoms with Crippen molar-refractivity contribution in [1.29, 1.82) is 0 Å². The van der Waals surface area contributed by atoms with Crippen LogP contribution < -0.4 is 0 Å². The van der Waals surface area contributed by atoms with Gasteiger partial charge in [-0.15, -0.1) is 0 Å². The third-order valence-corrected chi connectivity index (χ3v) is 4.32. The quantitative estimate of drug-likeness (QED) is 0.350. The molecule has 2 heteroatoms. The van der Waals surface area contributed by atoms with Gasteiger partial charge in [0, 0.05) is 5.56 Å². The third-order valence-electron chi connectivity index (χ3n) is 3.38. The summed E-state index contributed by atoms with van der Waals surface area (Å²) in [6, 6.07) is 17.8. The lowest BCUT2D eigenvalue weighted by atomic mass is 10.0. The fraction of sp³-hybridized carbons (Fsp3) is 0.435. The van der Waals surface area contributed by atoms with E-state index in [9.17, 15) is 4.79 Å². The van der Waals surface area contributed by atoms with Gasteiger partial charge in [-0.25, -0.2) is 0 Å². The van der Waals surface area contributed by atoms with Crippen molar-refractivity contribution in [1.82, 2.24) is 0 Å². The van der Waals surface area contributed by atoms with Crippen LogP contribution >= 0.6 is 15.9 Å². The van der Waals surface area contributed by atoms with Crippen molar-refractivity contribution in [2.75, 3.05) is 0 Å². The first-order valence-electron chi connectivity index (χ1n) is 9.04. The van der Waals surface area contributed by atoms with Crippen molar-refractivity contribution in [2.45, 2.75) is 66.1 Å². The number of hydrogen-bond donors (Lipinski definition) is 0. The van der Waals surface area contributed by atoms with Crippen LogP contribution in [0.4, 0.5) is 0 Å². The van der Waals surface area contributed by atoms with Gasteiger partial charge in [0.25, 0.3) is 0 Å². The number of unbranched alkanes of at least 4 members (excludes halogenated alkanes) is 1. The van der Waals surface area contributed by atoms with Crippen LogP contribution in [0.3, 0.4) is 0 Å². The van der Waals surface area contributed by atoms with E-state index in [1.165, 1.54) is 18.4 Å². The van der Waals surface area contributed by atoms with Crippen LogP contribution in [-0.4, -0.2) is 5.78 Å². The van der Waals surface area contributed by atoms with Crippen molar-refractivity contribution < 1.29 is 4.79 Å². The molecule has 0 aromatic heterocycles. The van der Waals surface area contributed by atoms with Crippen LogP contribution in [0.5, 0.6) is 0 Å². The Bertz CT molecular complexity index is 546. The molecular weight excluding hydrogens is 372 g/mol. The smallest absolute Gasteiger partial charge is 0.180 e. The van der Waals surface area contributed by atoms with Gasteiger partial charge in [0.05, 0.1) is 0 Å². The Labute approximate surface area is 164 Å². The minimum Gasteiger partial charge on any atom is -0.293 e. The molecular formula is C23H35BrO. The molecule has 0 aliphatic carbocycles. The van der Waals surface area contributed by atoms with Gasteiger partial charge in [0.2, 0.25) is 0 Å². The summed E-state index contributed by atoms with van der Waals surface area (Å²) < 4.78 is 0. The number of ketones is 1. The summed E-state index contributed by atoms with van der Waals surface area (Å²) in [5.74, 6) is 0.109. The molecule has 0 bridgehead atoms. The second kappa shape index (κ2) is 16.1. The largest absolute Gasteiger partial charge is 0.293 e. The third kappa shape index (κ3) is 9.02. The number of halogens is 1. The van der Waals surface area contributed by atoms with E-state index < -0.39 is 0 Å². The second-order valence-corrected chi connectivity index (χ2v) is 5.85. The summed E-state index contributed by atoms with van der Waals surface area (Å²) in [5, 5.41) is 0. The van der Waals surface area contributed by atoms with E-state index in [-0.39, 0.29) is 18.0 Å². The number of rotatable bonds is 6. The predicted octanol–water partition coefficient (Wildman–Crippen LogP) is 8.04. The van der Waals surface area contributed by atoms with Gasteiger partial charge in [-0.1, -0.05) is 119 Å². The number of hydrogen-bond acceptors (Lipinski definition) is 1. The molecule has 1 atom stereocenters. The molecule has 0 aliphatic heterocycles. The molecule has 1 nitrogen and oxygen atoms in total. The van der Waals surface area contributed by atoms with Gasteiger partial charge in [-0.05, 0) is 24.0 Å². The van der Waals surface area contributed by atoms with Crippen LogP contribution in [0.25, 0.3) is 0 Å². The van der Waals surface area contributed by atoms with Gasteiger partial charge in [0.1, 0.15) is 4.83 Å². The SMILES string of the molecule is C.CC.CC.CCCCc1ccc(C(=O)C(Br)c2ccccc2)cc1. The van der Waals surface area contributed by atoms with Crippen molar-refractivity contribution in [3.05, 3.63) is 71.3 Å². The Kier molecular flexibility index (Phi) is 16.6. The lowest BCUT2D eigenvalue weighted by Crippen LogP contribution is -2.07. The summed E-state index contributed by atoms with van der Waals surface area (Å²) in [6.45, 7) is 10.2. The zero-order valence-electron chi connectivity index (χ0n) is 15.7. The van der Waals surface area contributed by atoms with E-state index in [1.807, 2.05) is 70.2 Å². The van der Waals surface area contributed by atoms with Crippen LogP contribution in [0.15, 0.2) is 54.6 Å². The van der Waals surface area contributed by atoms with Crippen LogP contribution in [-0.2, 0) is 6.42 Å². The Morgan fingerprint density at radius 3 is 1.92 bits per heavy atom. The highest BCUT2D eigenvalue weighted by atomic mass is 79.9. The lowest BCUT2D eigenvalue weighted by Gasteiger charge is -2.10. The summed E-state index contributed by atoms with van der Waals surface area (Å²) in [6.07, 6.45) is 3.47. The summed E-state index contributed by atoms with van der Waals surface area (Å²) in [7, 11) is 0. The standard InChI is InChI=1S/C18H19BrO.2C2H6.CH4/c1-2-3-7-14-10-12-16(13-11-14)18(20)17(19)15-8-5-4-6-9-15;2*1-2;/h4-6,8-13,17H,2-3,7H2,1H3;2*1-2H3;1H4. The lowest BCUT2D eigenvalue weighted by molar-refractivity contribution is 0.0991. The number of carbonyl (C=O) groups excluding carboxylic acids is 1. The van der Waals surface area contributed by atoms with Crippen molar-refractivity contribution >= 4 is 21.7 Å².